The number of sulfonamides is 1. The second kappa shape index (κ2) is 6.78. The summed E-state index contributed by atoms with van der Waals surface area (Å²) in [5.74, 6) is 0.704. The van der Waals surface area contributed by atoms with Crippen LogP contribution in [0.25, 0.3) is 5.82 Å². The molecule has 0 bridgehead atoms. The van der Waals surface area contributed by atoms with Gasteiger partial charge < -0.3 is 0 Å². The Morgan fingerprint density at radius 2 is 1.76 bits per heavy atom. The molecule has 0 fully saturated rings. The molecule has 2 heterocycles. The molecule has 130 valence electrons. The molecule has 0 atom stereocenters. The van der Waals surface area contributed by atoms with E-state index in [1.54, 1.807) is 35.1 Å². The minimum absolute atomic E-state index is 0.181. The highest BCUT2D eigenvalue weighted by Gasteiger charge is 2.13. The van der Waals surface area contributed by atoms with Crippen LogP contribution in [0.2, 0.25) is 0 Å². The monoisotopic (exact) mass is 356 g/mol. The molecule has 0 unspecified atom stereocenters. The van der Waals surface area contributed by atoms with E-state index in [9.17, 15) is 8.42 Å². The first kappa shape index (κ1) is 17.3. The first-order valence-electron chi connectivity index (χ1n) is 7.90. The van der Waals surface area contributed by atoms with E-state index in [0.717, 1.165) is 22.5 Å². The van der Waals surface area contributed by atoms with Crippen molar-refractivity contribution in [3.8, 4) is 5.82 Å². The predicted octanol–water partition coefficient (Wildman–Crippen LogP) is 2.67. The lowest BCUT2D eigenvalue weighted by Gasteiger charge is -2.08. The molecular weight excluding hydrogens is 336 g/mol. The maximum atomic E-state index is 12.3. The molecule has 0 radical (unpaired) electrons. The van der Waals surface area contributed by atoms with E-state index in [4.69, 9.17) is 0 Å². The van der Waals surface area contributed by atoms with Crippen molar-refractivity contribution in [3.63, 3.8) is 0 Å². The Hall–Kier alpha value is -2.51. The molecule has 0 saturated carbocycles. The van der Waals surface area contributed by atoms with Crippen molar-refractivity contribution in [2.75, 3.05) is 0 Å². The van der Waals surface area contributed by atoms with Gasteiger partial charge in [0.05, 0.1) is 10.6 Å². The van der Waals surface area contributed by atoms with E-state index in [2.05, 4.69) is 14.8 Å². The van der Waals surface area contributed by atoms with Crippen molar-refractivity contribution in [1.82, 2.24) is 19.5 Å². The highest BCUT2D eigenvalue weighted by molar-refractivity contribution is 7.89. The van der Waals surface area contributed by atoms with Crippen LogP contribution in [-0.2, 0) is 16.6 Å². The van der Waals surface area contributed by atoms with Crippen LogP contribution in [-0.4, -0.2) is 23.2 Å². The Morgan fingerprint density at radius 3 is 2.32 bits per heavy atom. The summed E-state index contributed by atoms with van der Waals surface area (Å²) in [6.07, 6.45) is 1.66. The molecule has 0 amide bonds. The number of pyridine rings is 1. The number of hydrogen-bond donors (Lipinski definition) is 1. The summed E-state index contributed by atoms with van der Waals surface area (Å²) in [5.41, 5.74) is 3.72. The molecule has 0 aliphatic heterocycles. The first-order valence-corrected chi connectivity index (χ1v) is 9.38. The lowest BCUT2D eigenvalue weighted by molar-refractivity contribution is 0.581. The third-order valence-electron chi connectivity index (χ3n) is 3.83. The fourth-order valence-electron chi connectivity index (χ4n) is 2.49. The fraction of sp³-hybridized carbons (Fsp3) is 0.222. The van der Waals surface area contributed by atoms with Gasteiger partial charge in [0.25, 0.3) is 0 Å². The molecule has 2 aromatic heterocycles. The summed E-state index contributed by atoms with van der Waals surface area (Å²) in [6.45, 7) is 5.99. The molecule has 0 saturated heterocycles. The van der Waals surface area contributed by atoms with E-state index in [1.165, 1.54) is 0 Å². The SMILES string of the molecule is Cc1ccc(S(=O)(=O)NCc2ccc(-n3nc(C)cc3C)nc2)cc1. The van der Waals surface area contributed by atoms with Gasteiger partial charge in [-0.3, -0.25) is 0 Å². The topological polar surface area (TPSA) is 76.9 Å². The van der Waals surface area contributed by atoms with Gasteiger partial charge in [0.15, 0.2) is 5.82 Å². The van der Waals surface area contributed by atoms with Crippen LogP contribution in [0.15, 0.2) is 53.6 Å². The molecular formula is C18H20N4O2S. The summed E-state index contributed by atoms with van der Waals surface area (Å²) in [5, 5.41) is 4.38. The van der Waals surface area contributed by atoms with Crippen LogP contribution in [0, 0.1) is 20.8 Å². The standard InChI is InChI=1S/C18H20N4O2S/c1-13-4-7-17(8-5-13)25(23,24)20-12-16-6-9-18(19-11-16)22-15(3)10-14(2)21-22/h4-11,20H,12H2,1-3H3. The Kier molecular flexibility index (Phi) is 4.69. The van der Waals surface area contributed by atoms with Crippen LogP contribution in [0.4, 0.5) is 0 Å². The highest BCUT2D eigenvalue weighted by Crippen LogP contribution is 2.12. The Balaban J connectivity index is 1.71. The van der Waals surface area contributed by atoms with E-state index < -0.39 is 10.0 Å². The smallest absolute Gasteiger partial charge is 0.237 e. The largest absolute Gasteiger partial charge is 0.240 e. The maximum Gasteiger partial charge on any atom is 0.240 e. The third kappa shape index (κ3) is 3.94. The number of hydrogen-bond acceptors (Lipinski definition) is 4. The molecule has 0 aliphatic carbocycles. The lowest BCUT2D eigenvalue weighted by Crippen LogP contribution is -2.23. The minimum Gasteiger partial charge on any atom is -0.237 e. The van der Waals surface area contributed by atoms with Crippen molar-refractivity contribution in [2.45, 2.75) is 32.2 Å². The molecule has 0 aliphatic rings. The quantitative estimate of drug-likeness (QED) is 0.762. The van der Waals surface area contributed by atoms with E-state index in [0.29, 0.717) is 5.82 Å². The van der Waals surface area contributed by atoms with Crippen LogP contribution in [0.1, 0.15) is 22.5 Å². The summed E-state index contributed by atoms with van der Waals surface area (Å²) < 4.78 is 29.0. The average Bonchev–Trinajstić information content (AvgIpc) is 2.92. The average molecular weight is 356 g/mol. The summed E-state index contributed by atoms with van der Waals surface area (Å²) in [6, 6.07) is 12.4. The third-order valence-corrected chi connectivity index (χ3v) is 5.25. The molecule has 6 nitrogen and oxygen atoms in total. The van der Waals surface area contributed by atoms with Gasteiger partial charge in [-0.25, -0.2) is 22.8 Å². The summed E-state index contributed by atoms with van der Waals surface area (Å²) in [7, 11) is -3.54. The zero-order valence-electron chi connectivity index (χ0n) is 14.4. The minimum atomic E-state index is -3.54. The van der Waals surface area contributed by atoms with Crippen LogP contribution in [0.5, 0.6) is 0 Å². The number of rotatable bonds is 5. The van der Waals surface area contributed by atoms with Gasteiger partial charge in [0.1, 0.15) is 0 Å². The number of nitrogens with one attached hydrogen (secondary N) is 1. The van der Waals surface area contributed by atoms with Crippen LogP contribution >= 0.6 is 0 Å². The van der Waals surface area contributed by atoms with Crippen molar-refractivity contribution >= 4 is 10.0 Å². The second-order valence-electron chi connectivity index (χ2n) is 6.00. The highest BCUT2D eigenvalue weighted by atomic mass is 32.2. The molecule has 1 aromatic carbocycles. The molecule has 0 spiro atoms. The maximum absolute atomic E-state index is 12.3. The number of benzene rings is 1. The summed E-state index contributed by atoms with van der Waals surface area (Å²) in [4.78, 5) is 4.63. The number of aryl methyl sites for hydroxylation is 3. The summed E-state index contributed by atoms with van der Waals surface area (Å²) >= 11 is 0. The van der Waals surface area contributed by atoms with E-state index >= 15 is 0 Å². The number of aromatic nitrogens is 3. The van der Waals surface area contributed by atoms with Crippen molar-refractivity contribution in [3.05, 3.63) is 71.2 Å². The number of nitrogens with zero attached hydrogens (tertiary/aromatic N) is 3. The van der Waals surface area contributed by atoms with Crippen molar-refractivity contribution < 1.29 is 8.42 Å². The molecule has 25 heavy (non-hydrogen) atoms. The van der Waals surface area contributed by atoms with Gasteiger partial charge in [-0.15, -0.1) is 0 Å². The van der Waals surface area contributed by atoms with Gasteiger partial charge in [-0.05, 0) is 50.6 Å². The molecule has 7 heteroatoms. The van der Waals surface area contributed by atoms with Gasteiger partial charge >= 0.3 is 0 Å². The second-order valence-corrected chi connectivity index (χ2v) is 7.77. The van der Waals surface area contributed by atoms with Crippen LogP contribution in [0.3, 0.4) is 0 Å². The van der Waals surface area contributed by atoms with Crippen molar-refractivity contribution in [2.24, 2.45) is 0 Å². The van der Waals surface area contributed by atoms with Gasteiger partial charge in [0, 0.05) is 18.4 Å². The molecule has 3 aromatic rings. The van der Waals surface area contributed by atoms with Crippen LogP contribution < -0.4 is 4.72 Å². The lowest BCUT2D eigenvalue weighted by atomic mass is 10.2. The fourth-order valence-corrected chi connectivity index (χ4v) is 3.50. The zero-order valence-corrected chi connectivity index (χ0v) is 15.2. The first-order chi connectivity index (χ1) is 11.8. The zero-order chi connectivity index (χ0) is 18.0. The Labute approximate surface area is 147 Å². The molecule has 1 N–H and O–H groups in total. The Morgan fingerprint density at radius 1 is 1.04 bits per heavy atom. The van der Waals surface area contributed by atoms with Gasteiger partial charge in [-0.2, -0.15) is 5.10 Å². The van der Waals surface area contributed by atoms with E-state index in [-0.39, 0.29) is 11.4 Å². The van der Waals surface area contributed by atoms with Gasteiger partial charge in [-0.1, -0.05) is 23.8 Å². The van der Waals surface area contributed by atoms with E-state index in [1.807, 2.05) is 39.0 Å². The van der Waals surface area contributed by atoms with Gasteiger partial charge in [0.2, 0.25) is 10.0 Å². The van der Waals surface area contributed by atoms with Crippen molar-refractivity contribution in [1.29, 1.82) is 0 Å². The normalized spacial score (nSPS) is 11.6. The Bertz CT molecular complexity index is 975. The molecule has 3 rings (SSSR count). The predicted molar refractivity (Wildman–Crippen MR) is 96.0 cm³/mol.